The molecule has 166 valence electrons. The second-order valence-electron chi connectivity index (χ2n) is 8.12. The third-order valence-electron chi connectivity index (χ3n) is 5.60. The normalized spacial score (nSPS) is 13.2. The lowest BCUT2D eigenvalue weighted by molar-refractivity contribution is 0.0951. The number of hydrogen-bond donors (Lipinski definition) is 3. The first-order valence-corrected chi connectivity index (χ1v) is 11.3. The molecule has 1 aromatic heterocycles. The molecule has 3 N–H and O–H groups in total. The molecule has 1 fully saturated rings. The van der Waals surface area contributed by atoms with Crippen LogP contribution < -0.4 is 10.6 Å². The van der Waals surface area contributed by atoms with E-state index in [0.29, 0.717) is 38.3 Å². The Morgan fingerprint density at radius 1 is 1.06 bits per heavy atom. The van der Waals surface area contributed by atoms with Crippen LogP contribution in [-0.4, -0.2) is 27.0 Å². The number of rotatable bonds is 5. The Morgan fingerprint density at radius 2 is 1.82 bits per heavy atom. The largest absolute Gasteiger partial charge is 0.507 e. The molecule has 1 aliphatic rings. The SMILES string of the molecule is Cc1ccc(C(=O)NC2CC2)cc1-c1cc2cnc(Nc3c(Cl)cccc3Cl)nc2cc1O. The number of phenols is 1. The van der Waals surface area contributed by atoms with Gasteiger partial charge >= 0.3 is 0 Å². The number of fused-ring (bicyclic) bond motifs is 1. The maximum absolute atomic E-state index is 12.5. The van der Waals surface area contributed by atoms with Gasteiger partial charge in [-0.25, -0.2) is 9.97 Å². The van der Waals surface area contributed by atoms with Crippen molar-refractivity contribution in [3.63, 3.8) is 0 Å². The van der Waals surface area contributed by atoms with Gasteiger partial charge in [-0.15, -0.1) is 0 Å². The third kappa shape index (κ3) is 4.45. The molecule has 0 radical (unpaired) electrons. The number of amides is 1. The number of nitrogens with zero attached hydrogens (tertiary/aromatic N) is 2. The lowest BCUT2D eigenvalue weighted by Crippen LogP contribution is -2.25. The summed E-state index contributed by atoms with van der Waals surface area (Å²) >= 11 is 12.4. The molecule has 0 aliphatic heterocycles. The van der Waals surface area contributed by atoms with Gasteiger partial charge in [0, 0.05) is 34.8 Å². The molecule has 0 unspecified atom stereocenters. The average molecular weight is 479 g/mol. The number of aromatic hydroxyl groups is 1. The third-order valence-corrected chi connectivity index (χ3v) is 6.23. The maximum Gasteiger partial charge on any atom is 0.251 e. The van der Waals surface area contributed by atoms with Crippen molar-refractivity contribution < 1.29 is 9.90 Å². The highest BCUT2D eigenvalue weighted by Gasteiger charge is 2.24. The lowest BCUT2D eigenvalue weighted by Gasteiger charge is -2.13. The highest BCUT2D eigenvalue weighted by molar-refractivity contribution is 6.39. The van der Waals surface area contributed by atoms with Crippen LogP contribution in [0, 0.1) is 6.92 Å². The maximum atomic E-state index is 12.5. The topological polar surface area (TPSA) is 87.1 Å². The molecular formula is C25H20Cl2N4O2. The molecule has 5 rings (SSSR count). The molecule has 8 heteroatoms. The number of carbonyl (C=O) groups is 1. The summed E-state index contributed by atoms with van der Waals surface area (Å²) in [4.78, 5) is 21.4. The smallest absolute Gasteiger partial charge is 0.251 e. The van der Waals surface area contributed by atoms with Gasteiger partial charge < -0.3 is 15.7 Å². The summed E-state index contributed by atoms with van der Waals surface area (Å²) in [5.41, 5.74) is 3.96. The van der Waals surface area contributed by atoms with E-state index < -0.39 is 0 Å². The highest BCUT2D eigenvalue weighted by atomic mass is 35.5. The summed E-state index contributed by atoms with van der Waals surface area (Å²) in [7, 11) is 0. The molecule has 3 aromatic carbocycles. The minimum Gasteiger partial charge on any atom is -0.507 e. The second kappa shape index (κ2) is 8.54. The van der Waals surface area contributed by atoms with Crippen molar-refractivity contribution in [2.45, 2.75) is 25.8 Å². The van der Waals surface area contributed by atoms with Gasteiger partial charge in [-0.05, 0) is 61.2 Å². The van der Waals surface area contributed by atoms with Crippen LogP contribution in [-0.2, 0) is 0 Å². The summed E-state index contributed by atoms with van der Waals surface area (Å²) in [5, 5.41) is 18.5. The highest BCUT2D eigenvalue weighted by Crippen LogP contribution is 2.36. The van der Waals surface area contributed by atoms with Crippen molar-refractivity contribution in [3.05, 3.63) is 75.9 Å². The number of halogens is 2. The van der Waals surface area contributed by atoms with Crippen LogP contribution in [0.4, 0.5) is 11.6 Å². The molecule has 0 bridgehead atoms. The number of aromatic nitrogens is 2. The number of para-hydroxylation sites is 1. The molecule has 1 saturated carbocycles. The Bertz CT molecular complexity index is 1380. The number of anilines is 2. The fourth-order valence-electron chi connectivity index (χ4n) is 3.62. The molecule has 4 aromatic rings. The summed E-state index contributed by atoms with van der Waals surface area (Å²) in [5.74, 6) is 0.265. The Balaban J connectivity index is 1.50. The van der Waals surface area contributed by atoms with Gasteiger partial charge in [0.05, 0.1) is 21.2 Å². The van der Waals surface area contributed by atoms with Crippen molar-refractivity contribution in [1.82, 2.24) is 15.3 Å². The molecule has 0 spiro atoms. The van der Waals surface area contributed by atoms with Crippen LogP contribution in [0.1, 0.15) is 28.8 Å². The van der Waals surface area contributed by atoms with Crippen LogP contribution >= 0.6 is 23.2 Å². The monoisotopic (exact) mass is 478 g/mol. The fraction of sp³-hybridized carbons (Fsp3) is 0.160. The molecule has 1 amide bonds. The zero-order valence-corrected chi connectivity index (χ0v) is 19.2. The van der Waals surface area contributed by atoms with E-state index in [-0.39, 0.29) is 17.7 Å². The molecule has 1 aliphatic carbocycles. The number of hydrogen-bond acceptors (Lipinski definition) is 5. The van der Waals surface area contributed by atoms with E-state index in [0.717, 1.165) is 29.4 Å². The zero-order valence-electron chi connectivity index (χ0n) is 17.7. The predicted molar refractivity (Wildman–Crippen MR) is 132 cm³/mol. The van der Waals surface area contributed by atoms with Gasteiger partial charge in [-0.3, -0.25) is 4.79 Å². The average Bonchev–Trinajstić information content (AvgIpc) is 3.60. The minimum absolute atomic E-state index is 0.0609. The van der Waals surface area contributed by atoms with E-state index in [2.05, 4.69) is 20.6 Å². The fourth-order valence-corrected chi connectivity index (χ4v) is 4.11. The molecule has 1 heterocycles. The van der Waals surface area contributed by atoms with E-state index >= 15 is 0 Å². The molecule has 0 atom stereocenters. The van der Waals surface area contributed by atoms with Gasteiger partial charge in [-0.1, -0.05) is 35.3 Å². The van der Waals surface area contributed by atoms with Gasteiger partial charge in [-0.2, -0.15) is 0 Å². The quantitative estimate of drug-likeness (QED) is 0.315. The van der Waals surface area contributed by atoms with Crippen molar-refractivity contribution in [3.8, 4) is 16.9 Å². The lowest BCUT2D eigenvalue weighted by atomic mass is 9.96. The molecular weight excluding hydrogens is 459 g/mol. The van der Waals surface area contributed by atoms with Crippen LogP contribution in [0.25, 0.3) is 22.0 Å². The molecule has 6 nitrogen and oxygen atoms in total. The van der Waals surface area contributed by atoms with Gasteiger partial charge in [0.2, 0.25) is 5.95 Å². The van der Waals surface area contributed by atoms with E-state index in [4.69, 9.17) is 23.2 Å². The summed E-state index contributed by atoms with van der Waals surface area (Å²) in [6, 6.07) is 14.4. The van der Waals surface area contributed by atoms with E-state index in [1.54, 1.807) is 36.5 Å². The van der Waals surface area contributed by atoms with E-state index in [9.17, 15) is 9.90 Å². The Kier molecular flexibility index (Phi) is 5.56. The zero-order chi connectivity index (χ0) is 23.1. The van der Waals surface area contributed by atoms with E-state index in [1.165, 1.54) is 0 Å². The van der Waals surface area contributed by atoms with Gasteiger partial charge in [0.1, 0.15) is 5.75 Å². The van der Waals surface area contributed by atoms with Crippen molar-refractivity contribution in [2.75, 3.05) is 5.32 Å². The Hall–Kier alpha value is -3.35. The summed E-state index contributed by atoms with van der Waals surface area (Å²) in [6.45, 7) is 1.94. The van der Waals surface area contributed by atoms with Crippen molar-refractivity contribution >= 4 is 51.6 Å². The number of nitrogens with one attached hydrogen (secondary N) is 2. The first-order chi connectivity index (χ1) is 15.9. The summed E-state index contributed by atoms with van der Waals surface area (Å²) < 4.78 is 0. The van der Waals surface area contributed by atoms with E-state index in [1.807, 2.05) is 25.1 Å². The van der Waals surface area contributed by atoms with Crippen LogP contribution in [0.15, 0.2) is 54.7 Å². The molecule has 33 heavy (non-hydrogen) atoms. The number of carbonyl (C=O) groups excluding carboxylic acids is 1. The number of aryl methyl sites for hydroxylation is 1. The van der Waals surface area contributed by atoms with Gasteiger partial charge in [0.15, 0.2) is 0 Å². The number of benzene rings is 3. The van der Waals surface area contributed by atoms with Crippen molar-refractivity contribution in [2.24, 2.45) is 0 Å². The number of phenolic OH excluding ortho intramolecular Hbond substituents is 1. The Morgan fingerprint density at radius 3 is 2.55 bits per heavy atom. The van der Waals surface area contributed by atoms with Crippen LogP contribution in [0.3, 0.4) is 0 Å². The first-order valence-electron chi connectivity index (χ1n) is 10.5. The van der Waals surface area contributed by atoms with Crippen LogP contribution in [0.2, 0.25) is 10.0 Å². The molecule has 0 saturated heterocycles. The van der Waals surface area contributed by atoms with Gasteiger partial charge in [0.25, 0.3) is 5.91 Å². The minimum atomic E-state index is -0.101. The second-order valence-corrected chi connectivity index (χ2v) is 8.94. The standard InChI is InChI=1S/C25H20Cl2N4O2/c1-13-5-6-14(24(33)29-16-7-8-16)9-17(13)18-10-15-12-28-25(30-21(15)11-22(18)32)31-23-19(26)3-2-4-20(23)27/h2-6,9-12,16,32H,7-8H2,1H3,(H,29,33)(H,28,30,31). The Labute approximate surface area is 200 Å². The van der Waals surface area contributed by atoms with Crippen molar-refractivity contribution in [1.29, 1.82) is 0 Å². The predicted octanol–water partition coefficient (Wildman–Crippen LogP) is 6.25. The summed E-state index contributed by atoms with van der Waals surface area (Å²) in [6.07, 6.45) is 3.71. The van der Waals surface area contributed by atoms with Crippen LogP contribution in [0.5, 0.6) is 5.75 Å². The first kappa shape index (κ1) is 21.5.